The molecule has 0 amide bonds. The molecular formula is C63H45NO. The van der Waals surface area contributed by atoms with Gasteiger partial charge >= 0.3 is 0 Å². The minimum atomic E-state index is -0.613. The van der Waals surface area contributed by atoms with E-state index in [0.717, 1.165) is 39.3 Å². The number of hydrogen-bond donors (Lipinski definition) is 0. The van der Waals surface area contributed by atoms with Crippen LogP contribution in [-0.4, -0.2) is 0 Å². The molecule has 1 aliphatic heterocycles. The van der Waals surface area contributed by atoms with Crippen LogP contribution in [-0.2, 0) is 16.2 Å². The molecule has 14 rings (SSSR count). The van der Waals surface area contributed by atoms with Crippen molar-refractivity contribution in [1.29, 1.82) is 0 Å². The van der Waals surface area contributed by atoms with Crippen LogP contribution in [0.1, 0.15) is 72.2 Å². The lowest BCUT2D eigenvalue weighted by Gasteiger charge is -2.40. The van der Waals surface area contributed by atoms with Crippen molar-refractivity contribution in [2.75, 3.05) is 4.90 Å². The first kappa shape index (κ1) is 36.8. The van der Waals surface area contributed by atoms with Gasteiger partial charge in [-0.05, 0) is 114 Å². The van der Waals surface area contributed by atoms with Gasteiger partial charge in [-0.25, -0.2) is 0 Å². The molecule has 0 fully saturated rings. The molecule has 0 saturated carbocycles. The Kier molecular flexibility index (Phi) is 7.21. The summed E-state index contributed by atoms with van der Waals surface area (Å²) in [5.41, 5.74) is 20.7. The smallest absolute Gasteiger partial charge is 0.140 e. The molecule has 1 spiro atoms. The molecule has 2 nitrogen and oxygen atoms in total. The van der Waals surface area contributed by atoms with Gasteiger partial charge < -0.3 is 9.64 Å². The Labute approximate surface area is 380 Å². The van der Waals surface area contributed by atoms with Crippen LogP contribution in [0.15, 0.2) is 200 Å². The van der Waals surface area contributed by atoms with Crippen molar-refractivity contribution in [3.8, 4) is 44.9 Å². The van der Waals surface area contributed by atoms with Gasteiger partial charge in [0.15, 0.2) is 0 Å². The number of nitrogens with zero attached hydrogens (tertiary/aromatic N) is 1. The average molecular weight is 832 g/mol. The fourth-order valence-corrected chi connectivity index (χ4v) is 12.7. The Bertz CT molecular complexity index is 3630. The summed E-state index contributed by atoms with van der Waals surface area (Å²) in [5.74, 6) is 1.87. The second kappa shape index (κ2) is 12.7. The minimum Gasteiger partial charge on any atom is -0.455 e. The van der Waals surface area contributed by atoms with Crippen LogP contribution in [0.4, 0.5) is 17.1 Å². The molecule has 0 unspecified atom stereocenters. The van der Waals surface area contributed by atoms with Crippen LogP contribution in [0.5, 0.6) is 11.5 Å². The highest BCUT2D eigenvalue weighted by molar-refractivity contribution is 6.01. The van der Waals surface area contributed by atoms with E-state index in [-0.39, 0.29) is 10.8 Å². The van der Waals surface area contributed by atoms with Gasteiger partial charge in [0.1, 0.15) is 11.5 Å². The number of anilines is 3. The van der Waals surface area contributed by atoms with E-state index in [4.69, 9.17) is 4.74 Å². The van der Waals surface area contributed by atoms with Crippen molar-refractivity contribution in [3.05, 3.63) is 245 Å². The van der Waals surface area contributed by atoms with Crippen molar-refractivity contribution in [3.63, 3.8) is 0 Å². The van der Waals surface area contributed by atoms with E-state index in [9.17, 15) is 0 Å². The predicted octanol–water partition coefficient (Wildman–Crippen LogP) is 16.5. The summed E-state index contributed by atoms with van der Waals surface area (Å²) in [6.45, 7) is 9.48. The Morgan fingerprint density at radius 3 is 1.31 bits per heavy atom. The largest absolute Gasteiger partial charge is 0.455 e. The Hall–Kier alpha value is -7.68. The monoisotopic (exact) mass is 831 g/mol. The summed E-state index contributed by atoms with van der Waals surface area (Å²) >= 11 is 0. The van der Waals surface area contributed by atoms with Gasteiger partial charge in [0, 0.05) is 49.8 Å². The second-order valence-corrected chi connectivity index (χ2v) is 19.6. The van der Waals surface area contributed by atoms with Crippen LogP contribution in [0, 0.1) is 0 Å². The van der Waals surface area contributed by atoms with Gasteiger partial charge in [0.05, 0.1) is 5.41 Å². The molecule has 0 atom stereocenters. The molecule has 0 aromatic heterocycles. The van der Waals surface area contributed by atoms with Gasteiger partial charge in [-0.1, -0.05) is 191 Å². The molecule has 0 bridgehead atoms. The molecule has 10 aromatic carbocycles. The lowest BCUT2D eigenvalue weighted by atomic mass is 9.65. The lowest BCUT2D eigenvalue weighted by molar-refractivity contribution is 0.447. The number of benzene rings is 10. The zero-order valence-corrected chi connectivity index (χ0v) is 36.9. The van der Waals surface area contributed by atoms with Crippen LogP contribution in [0.3, 0.4) is 0 Å². The van der Waals surface area contributed by atoms with E-state index in [2.05, 4.69) is 233 Å². The molecule has 308 valence electrons. The van der Waals surface area contributed by atoms with Crippen molar-refractivity contribution in [2.45, 2.75) is 43.9 Å². The summed E-state index contributed by atoms with van der Waals surface area (Å²) in [6, 6.07) is 75.2. The van der Waals surface area contributed by atoms with E-state index >= 15 is 0 Å². The standard InChI is InChI=1S/C63H45NO/c1-61(2)52-23-13-10-20-46(52)49-35-40(28-33-53(49)61)64(42-27-30-48-45-19-9-12-22-51(45)62(3,4)58(48)37-42)41-29-34-55-50(36-41)47-21-11-14-24-54(47)63(55)56-31-25-38-15-5-7-17-43(38)59(56)65-60-44-18-8-6-16-39(44)26-32-57(60)63/h5-37H,1-4H3. The van der Waals surface area contributed by atoms with Crippen LogP contribution in [0.25, 0.3) is 54.9 Å². The maximum absolute atomic E-state index is 7.24. The van der Waals surface area contributed by atoms with Gasteiger partial charge in [-0.3, -0.25) is 0 Å². The summed E-state index contributed by atoms with van der Waals surface area (Å²) in [4.78, 5) is 2.51. The second-order valence-electron chi connectivity index (χ2n) is 19.6. The Morgan fingerprint density at radius 2 is 0.692 bits per heavy atom. The van der Waals surface area contributed by atoms with Gasteiger partial charge in [-0.15, -0.1) is 0 Å². The van der Waals surface area contributed by atoms with Crippen molar-refractivity contribution >= 4 is 38.6 Å². The first-order valence-corrected chi connectivity index (χ1v) is 23.0. The minimum absolute atomic E-state index is 0.0861. The molecule has 4 aliphatic rings. The molecule has 1 heterocycles. The topological polar surface area (TPSA) is 12.5 Å². The molecule has 10 aromatic rings. The summed E-state index contributed by atoms with van der Waals surface area (Å²) in [5, 5.41) is 4.59. The molecule has 3 aliphatic carbocycles. The molecule has 0 N–H and O–H groups in total. The number of fused-ring (bicyclic) bond motifs is 19. The van der Waals surface area contributed by atoms with Crippen molar-refractivity contribution in [2.24, 2.45) is 0 Å². The first-order chi connectivity index (χ1) is 31.7. The fraction of sp³-hybridized carbons (Fsp3) is 0.111. The predicted molar refractivity (Wildman–Crippen MR) is 269 cm³/mol. The fourth-order valence-electron chi connectivity index (χ4n) is 12.7. The molecular weight excluding hydrogens is 787 g/mol. The molecule has 0 saturated heterocycles. The van der Waals surface area contributed by atoms with E-state index in [0.29, 0.717) is 0 Å². The van der Waals surface area contributed by atoms with E-state index in [1.54, 1.807) is 0 Å². The van der Waals surface area contributed by atoms with Gasteiger partial charge in [-0.2, -0.15) is 0 Å². The third-order valence-corrected chi connectivity index (χ3v) is 15.7. The first-order valence-electron chi connectivity index (χ1n) is 23.0. The van der Waals surface area contributed by atoms with Gasteiger partial charge in [0.2, 0.25) is 0 Å². The molecule has 65 heavy (non-hydrogen) atoms. The number of rotatable bonds is 3. The Morgan fingerprint density at radius 1 is 0.308 bits per heavy atom. The molecule has 0 radical (unpaired) electrons. The van der Waals surface area contributed by atoms with Gasteiger partial charge in [0.25, 0.3) is 0 Å². The Balaban J connectivity index is 1.04. The van der Waals surface area contributed by atoms with Crippen LogP contribution >= 0.6 is 0 Å². The van der Waals surface area contributed by atoms with Crippen LogP contribution in [0.2, 0.25) is 0 Å². The average Bonchev–Trinajstić information content (AvgIpc) is 3.86. The third-order valence-electron chi connectivity index (χ3n) is 15.7. The van der Waals surface area contributed by atoms with E-state index in [1.807, 2.05) is 0 Å². The normalized spacial score (nSPS) is 15.6. The SMILES string of the molecule is CC1(C)c2ccccc2-c2cc(N(c3ccc4c(c3)-c3ccccc3C43c4ccc5ccccc5c4Oc4c3ccc3ccccc43)c3ccc4c(c3)C(C)(C)c3ccccc3-4)ccc21. The maximum atomic E-state index is 7.24. The summed E-state index contributed by atoms with van der Waals surface area (Å²) in [6.07, 6.45) is 0. The van der Waals surface area contributed by atoms with E-state index in [1.165, 1.54) is 88.7 Å². The molecule has 2 heteroatoms. The van der Waals surface area contributed by atoms with Crippen molar-refractivity contribution in [1.82, 2.24) is 0 Å². The summed E-state index contributed by atoms with van der Waals surface area (Å²) in [7, 11) is 0. The zero-order valence-electron chi connectivity index (χ0n) is 36.9. The lowest BCUT2D eigenvalue weighted by Crippen LogP contribution is -2.32. The maximum Gasteiger partial charge on any atom is 0.140 e. The van der Waals surface area contributed by atoms with Crippen molar-refractivity contribution < 1.29 is 4.74 Å². The zero-order chi connectivity index (χ0) is 43.4. The third kappa shape index (κ3) is 4.69. The quantitative estimate of drug-likeness (QED) is 0.176. The number of ether oxygens (including phenoxy) is 1. The van der Waals surface area contributed by atoms with E-state index < -0.39 is 5.41 Å². The highest BCUT2D eigenvalue weighted by atomic mass is 16.5. The highest BCUT2D eigenvalue weighted by Gasteiger charge is 2.52. The highest BCUT2D eigenvalue weighted by Crippen LogP contribution is 2.65. The van der Waals surface area contributed by atoms with Crippen LogP contribution < -0.4 is 9.64 Å². The number of hydrogen-bond acceptors (Lipinski definition) is 2. The summed E-state index contributed by atoms with van der Waals surface area (Å²) < 4.78 is 7.24.